The third-order valence-corrected chi connectivity index (χ3v) is 6.46. The van der Waals surface area contributed by atoms with Crippen LogP contribution in [0.3, 0.4) is 0 Å². The van der Waals surface area contributed by atoms with Gasteiger partial charge in [-0.05, 0) is 36.2 Å². The summed E-state index contributed by atoms with van der Waals surface area (Å²) in [6.07, 6.45) is 0. The lowest BCUT2D eigenvalue weighted by atomic mass is 9.78. The first kappa shape index (κ1) is 23.6. The molecule has 7 nitrogen and oxygen atoms in total. The van der Waals surface area contributed by atoms with E-state index in [1.165, 1.54) is 7.11 Å². The Bertz CT molecular complexity index is 1130. The molecule has 32 heavy (non-hydrogen) atoms. The molecule has 1 heterocycles. The first-order valence-corrected chi connectivity index (χ1v) is 11.4. The summed E-state index contributed by atoms with van der Waals surface area (Å²) < 4.78 is 5.72. The van der Waals surface area contributed by atoms with Crippen molar-refractivity contribution in [2.24, 2.45) is 5.92 Å². The Hall–Kier alpha value is -3.09. The highest BCUT2D eigenvalue weighted by atomic mass is 79.9. The van der Waals surface area contributed by atoms with Gasteiger partial charge in [-0.2, -0.15) is 5.26 Å². The van der Waals surface area contributed by atoms with Crippen LogP contribution in [0.2, 0.25) is 0 Å². The molecule has 2 aromatic rings. The molecule has 0 saturated heterocycles. The summed E-state index contributed by atoms with van der Waals surface area (Å²) in [5, 5.41) is 15.6. The van der Waals surface area contributed by atoms with Gasteiger partial charge < -0.3 is 15.4 Å². The number of rotatable bonds is 6. The van der Waals surface area contributed by atoms with Crippen LogP contribution < -0.4 is 10.6 Å². The van der Waals surface area contributed by atoms with Crippen molar-refractivity contribution in [1.82, 2.24) is 5.32 Å². The predicted molar refractivity (Wildman–Crippen MR) is 125 cm³/mol. The van der Waals surface area contributed by atoms with Crippen molar-refractivity contribution in [3.8, 4) is 6.07 Å². The molecule has 0 aliphatic carbocycles. The van der Waals surface area contributed by atoms with Crippen LogP contribution in [0.1, 0.15) is 17.0 Å². The molecule has 2 N–H and O–H groups in total. The lowest BCUT2D eigenvalue weighted by molar-refractivity contribution is -0.150. The van der Waals surface area contributed by atoms with Crippen LogP contribution in [-0.2, 0) is 19.1 Å². The fraction of sp³-hybridized carbons (Fsp3) is 0.217. The normalized spacial score (nSPS) is 17.9. The Morgan fingerprint density at radius 3 is 2.59 bits per heavy atom. The van der Waals surface area contributed by atoms with Crippen LogP contribution >= 0.6 is 27.7 Å². The number of aryl methyl sites for hydroxylation is 1. The molecule has 2 aromatic carbocycles. The van der Waals surface area contributed by atoms with E-state index >= 15 is 0 Å². The van der Waals surface area contributed by atoms with Gasteiger partial charge in [0.25, 0.3) is 0 Å². The van der Waals surface area contributed by atoms with E-state index in [-0.39, 0.29) is 22.3 Å². The van der Waals surface area contributed by atoms with Gasteiger partial charge in [0.15, 0.2) is 0 Å². The Morgan fingerprint density at radius 1 is 1.25 bits per heavy atom. The zero-order chi connectivity index (χ0) is 23.3. The molecule has 1 aliphatic heterocycles. The van der Waals surface area contributed by atoms with Crippen LogP contribution in [0.5, 0.6) is 0 Å². The van der Waals surface area contributed by atoms with E-state index in [0.29, 0.717) is 11.3 Å². The van der Waals surface area contributed by atoms with Crippen LogP contribution in [0.25, 0.3) is 0 Å². The Balaban J connectivity index is 1.86. The van der Waals surface area contributed by atoms with E-state index < -0.39 is 23.7 Å². The molecule has 0 saturated carbocycles. The summed E-state index contributed by atoms with van der Waals surface area (Å²) in [5.41, 5.74) is 2.42. The standard InChI is InChI=1S/C23H20BrN3O4S/c1-13-10-15(24)8-9-17(13)26-18(28)12-32-22-16(11-25)19(14-6-4-3-5-7-14)20(21(29)27-22)23(30)31-2/h3-10,19-20H,12H2,1-2H3,(H,26,28)(H,27,29)/t19-,20+/m0/s1. The third-order valence-electron chi connectivity index (χ3n) is 4.95. The minimum atomic E-state index is -1.19. The average molecular weight is 514 g/mol. The number of nitrogens with one attached hydrogen (secondary N) is 2. The van der Waals surface area contributed by atoms with Gasteiger partial charge in [-0.15, -0.1) is 0 Å². The minimum absolute atomic E-state index is 0.0271. The monoisotopic (exact) mass is 513 g/mol. The maximum Gasteiger partial charge on any atom is 0.319 e. The number of amides is 2. The van der Waals surface area contributed by atoms with Crippen molar-refractivity contribution in [2.45, 2.75) is 12.8 Å². The van der Waals surface area contributed by atoms with Gasteiger partial charge in [0, 0.05) is 16.1 Å². The number of methoxy groups -OCH3 is 1. The zero-order valence-electron chi connectivity index (χ0n) is 17.3. The van der Waals surface area contributed by atoms with E-state index in [0.717, 1.165) is 21.8 Å². The van der Waals surface area contributed by atoms with Crippen LogP contribution in [0, 0.1) is 24.2 Å². The largest absolute Gasteiger partial charge is 0.468 e. The van der Waals surface area contributed by atoms with Gasteiger partial charge in [0.1, 0.15) is 5.92 Å². The number of carbonyl (C=O) groups excluding carboxylic acids is 3. The topological polar surface area (TPSA) is 108 Å². The number of nitriles is 1. The molecule has 9 heteroatoms. The van der Waals surface area contributed by atoms with Crippen molar-refractivity contribution in [3.05, 3.63) is 74.7 Å². The summed E-state index contributed by atoms with van der Waals surface area (Å²) in [6.45, 7) is 1.88. The Kier molecular flexibility index (Phi) is 7.72. The van der Waals surface area contributed by atoms with Gasteiger partial charge in [-0.25, -0.2) is 0 Å². The van der Waals surface area contributed by atoms with Gasteiger partial charge in [-0.1, -0.05) is 58.0 Å². The van der Waals surface area contributed by atoms with E-state index in [4.69, 9.17) is 4.74 Å². The van der Waals surface area contributed by atoms with Gasteiger partial charge >= 0.3 is 5.97 Å². The number of hydrogen-bond acceptors (Lipinski definition) is 6. The fourth-order valence-electron chi connectivity index (χ4n) is 3.43. The van der Waals surface area contributed by atoms with Gasteiger partial charge in [0.05, 0.1) is 29.5 Å². The second-order valence-corrected chi connectivity index (χ2v) is 8.93. The number of ether oxygens (including phenoxy) is 1. The minimum Gasteiger partial charge on any atom is -0.468 e. The second kappa shape index (κ2) is 10.5. The van der Waals surface area contributed by atoms with Gasteiger partial charge in [-0.3, -0.25) is 14.4 Å². The Morgan fingerprint density at radius 2 is 1.97 bits per heavy atom. The molecule has 164 valence electrons. The van der Waals surface area contributed by atoms with Crippen molar-refractivity contribution in [2.75, 3.05) is 18.2 Å². The lowest BCUT2D eigenvalue weighted by Gasteiger charge is -2.30. The molecule has 0 radical (unpaired) electrons. The molecule has 1 aliphatic rings. The van der Waals surface area contributed by atoms with Crippen molar-refractivity contribution in [3.63, 3.8) is 0 Å². The molecular formula is C23H20BrN3O4S. The number of anilines is 1. The summed E-state index contributed by atoms with van der Waals surface area (Å²) in [5.74, 6) is -3.61. The molecular weight excluding hydrogens is 494 g/mol. The summed E-state index contributed by atoms with van der Waals surface area (Å²) in [7, 11) is 1.20. The van der Waals surface area contributed by atoms with Crippen molar-refractivity contribution in [1.29, 1.82) is 5.26 Å². The van der Waals surface area contributed by atoms with Crippen LogP contribution in [0.4, 0.5) is 5.69 Å². The molecule has 3 rings (SSSR count). The van der Waals surface area contributed by atoms with Crippen molar-refractivity contribution >= 4 is 51.2 Å². The highest BCUT2D eigenvalue weighted by Gasteiger charge is 2.44. The number of thioether (sulfide) groups is 1. The van der Waals surface area contributed by atoms with Gasteiger partial charge in [0.2, 0.25) is 11.8 Å². The molecule has 0 bridgehead atoms. The highest BCUT2D eigenvalue weighted by Crippen LogP contribution is 2.40. The maximum atomic E-state index is 12.8. The number of carbonyl (C=O) groups is 3. The first-order chi connectivity index (χ1) is 15.3. The predicted octanol–water partition coefficient (Wildman–Crippen LogP) is 3.87. The lowest BCUT2D eigenvalue weighted by Crippen LogP contribution is -2.44. The van der Waals surface area contributed by atoms with E-state index in [1.54, 1.807) is 36.4 Å². The molecule has 2 atom stereocenters. The second-order valence-electron chi connectivity index (χ2n) is 7.03. The number of nitrogens with zero attached hydrogens (tertiary/aromatic N) is 1. The number of allylic oxidation sites excluding steroid dienone is 1. The smallest absolute Gasteiger partial charge is 0.319 e. The molecule has 0 unspecified atom stereocenters. The SMILES string of the molecule is COC(=O)[C@H]1C(=O)NC(SCC(=O)Nc2ccc(Br)cc2C)=C(C#N)[C@@H]1c1ccccc1. The van der Waals surface area contributed by atoms with Crippen LogP contribution in [-0.4, -0.2) is 30.6 Å². The van der Waals surface area contributed by atoms with E-state index in [2.05, 4.69) is 32.6 Å². The summed E-state index contributed by atoms with van der Waals surface area (Å²) in [6, 6.07) is 16.5. The summed E-state index contributed by atoms with van der Waals surface area (Å²) >= 11 is 4.43. The Labute approximate surface area is 198 Å². The van der Waals surface area contributed by atoms with E-state index in [1.807, 2.05) is 19.1 Å². The maximum absolute atomic E-state index is 12.8. The van der Waals surface area contributed by atoms with E-state index in [9.17, 15) is 19.6 Å². The molecule has 0 spiro atoms. The first-order valence-electron chi connectivity index (χ1n) is 9.62. The molecule has 0 fully saturated rings. The number of benzene rings is 2. The summed E-state index contributed by atoms with van der Waals surface area (Å²) in [4.78, 5) is 37.7. The quantitative estimate of drug-likeness (QED) is 0.448. The molecule has 0 aromatic heterocycles. The molecule has 2 amide bonds. The number of esters is 1. The zero-order valence-corrected chi connectivity index (χ0v) is 19.7. The highest BCUT2D eigenvalue weighted by molar-refractivity contribution is 9.10. The van der Waals surface area contributed by atoms with Crippen molar-refractivity contribution < 1.29 is 19.1 Å². The fourth-order valence-corrected chi connectivity index (χ4v) is 4.76. The number of hydrogen-bond donors (Lipinski definition) is 2. The number of halogens is 1. The third kappa shape index (κ3) is 5.21. The average Bonchev–Trinajstić information content (AvgIpc) is 2.79. The van der Waals surface area contributed by atoms with Crippen LogP contribution in [0.15, 0.2) is 63.6 Å².